The van der Waals surface area contributed by atoms with Crippen LogP contribution in [0.1, 0.15) is 23.0 Å². The van der Waals surface area contributed by atoms with E-state index in [2.05, 4.69) is 42.2 Å². The van der Waals surface area contributed by atoms with Gasteiger partial charge in [0.05, 0.1) is 5.69 Å². The molecule has 0 bridgehead atoms. The summed E-state index contributed by atoms with van der Waals surface area (Å²) in [5.74, 6) is -0.220. The highest BCUT2D eigenvalue weighted by Gasteiger charge is 2.11. The van der Waals surface area contributed by atoms with E-state index in [-0.39, 0.29) is 5.91 Å². The lowest BCUT2D eigenvalue weighted by molar-refractivity contribution is 0.102. The first-order valence-corrected chi connectivity index (χ1v) is 7.89. The molecule has 1 amide bonds. The van der Waals surface area contributed by atoms with Gasteiger partial charge in [-0.25, -0.2) is 4.98 Å². The number of hydrogen-bond acceptors (Lipinski definition) is 2. The van der Waals surface area contributed by atoms with E-state index < -0.39 is 0 Å². The van der Waals surface area contributed by atoms with Crippen LogP contribution < -0.4 is 5.32 Å². The maximum Gasteiger partial charge on any atom is 0.255 e. The zero-order valence-corrected chi connectivity index (χ0v) is 14.5. The Kier molecular flexibility index (Phi) is 5.18. The molecule has 0 unspecified atom stereocenters. The molecule has 0 atom stereocenters. The number of nitrogens with zero attached hydrogens (tertiary/aromatic N) is 1. The predicted molar refractivity (Wildman–Crippen MR) is 88.4 cm³/mol. The van der Waals surface area contributed by atoms with Crippen molar-refractivity contribution in [3.8, 4) is 0 Å². The number of anilines is 1. The van der Waals surface area contributed by atoms with E-state index in [1.165, 1.54) is 0 Å². The van der Waals surface area contributed by atoms with Gasteiger partial charge in [-0.1, -0.05) is 34.5 Å². The van der Waals surface area contributed by atoms with Gasteiger partial charge in [-0.05, 0) is 52.7 Å². The number of amides is 1. The second-order valence-electron chi connectivity index (χ2n) is 4.10. The van der Waals surface area contributed by atoms with E-state index in [0.717, 1.165) is 21.1 Å². The number of aryl methyl sites for hydroxylation is 1. The fourth-order valence-corrected chi connectivity index (χ4v) is 2.58. The third kappa shape index (κ3) is 3.81. The first kappa shape index (κ1) is 15.5. The number of pyridine rings is 1. The summed E-state index contributed by atoms with van der Waals surface area (Å²) in [6.07, 6.45) is 0.724. The number of nitrogens with one attached hydrogen (secondary N) is 1. The molecule has 104 valence electrons. The molecule has 0 saturated heterocycles. The molecule has 1 N–H and O–H groups in total. The zero-order chi connectivity index (χ0) is 14.7. The van der Waals surface area contributed by atoms with Crippen LogP contribution in [0.25, 0.3) is 0 Å². The Morgan fingerprint density at radius 3 is 2.75 bits per heavy atom. The fourth-order valence-electron chi connectivity index (χ4n) is 1.65. The van der Waals surface area contributed by atoms with Gasteiger partial charge in [-0.3, -0.25) is 4.79 Å². The van der Waals surface area contributed by atoms with Crippen LogP contribution in [0.4, 0.5) is 5.69 Å². The topological polar surface area (TPSA) is 42.0 Å². The standard InChI is InChI=1S/C14H11Br2ClN2O/c1-2-10-5-8(6-13(17)18-10)14(20)19-12-7-9(15)3-4-11(12)16/h3-7H,2H2,1H3,(H,19,20). The smallest absolute Gasteiger partial charge is 0.255 e. The second-order valence-corrected chi connectivity index (χ2v) is 6.26. The van der Waals surface area contributed by atoms with Gasteiger partial charge in [0, 0.05) is 20.2 Å². The summed E-state index contributed by atoms with van der Waals surface area (Å²) in [7, 11) is 0. The summed E-state index contributed by atoms with van der Waals surface area (Å²) in [5.41, 5.74) is 1.97. The van der Waals surface area contributed by atoms with Crippen LogP contribution in [0.15, 0.2) is 39.3 Å². The van der Waals surface area contributed by atoms with Gasteiger partial charge in [-0.15, -0.1) is 0 Å². The van der Waals surface area contributed by atoms with Crippen molar-refractivity contribution < 1.29 is 4.79 Å². The van der Waals surface area contributed by atoms with E-state index in [9.17, 15) is 4.79 Å². The average molecular weight is 419 g/mol. The number of halogens is 3. The van der Waals surface area contributed by atoms with Crippen LogP contribution in [0.2, 0.25) is 5.15 Å². The molecule has 0 radical (unpaired) electrons. The summed E-state index contributed by atoms with van der Waals surface area (Å²) in [6, 6.07) is 8.87. The molecule has 1 aromatic carbocycles. The SMILES string of the molecule is CCc1cc(C(=O)Nc2cc(Br)ccc2Br)cc(Cl)n1. The maximum atomic E-state index is 12.3. The van der Waals surface area contributed by atoms with Gasteiger partial charge in [0.1, 0.15) is 5.15 Å². The lowest BCUT2D eigenvalue weighted by Gasteiger charge is -2.09. The minimum atomic E-state index is -0.220. The summed E-state index contributed by atoms with van der Waals surface area (Å²) in [6.45, 7) is 1.96. The monoisotopic (exact) mass is 416 g/mol. The number of rotatable bonds is 3. The number of hydrogen-bond donors (Lipinski definition) is 1. The summed E-state index contributed by atoms with van der Waals surface area (Å²) >= 11 is 12.7. The van der Waals surface area contributed by atoms with Crippen LogP contribution in [0.5, 0.6) is 0 Å². The van der Waals surface area contributed by atoms with E-state index >= 15 is 0 Å². The predicted octanol–water partition coefficient (Wildman–Crippen LogP) is 5.07. The quantitative estimate of drug-likeness (QED) is 0.707. The van der Waals surface area contributed by atoms with Crippen LogP contribution in [0.3, 0.4) is 0 Å². The largest absolute Gasteiger partial charge is 0.321 e. The molecule has 0 aliphatic heterocycles. The number of carbonyl (C=O) groups is 1. The second kappa shape index (κ2) is 6.70. The minimum Gasteiger partial charge on any atom is -0.321 e. The molecule has 0 saturated carbocycles. The minimum absolute atomic E-state index is 0.220. The van der Waals surface area contributed by atoms with Crippen LogP contribution in [0, 0.1) is 0 Å². The Labute approximate surface area is 139 Å². The molecular formula is C14H11Br2ClN2O. The molecule has 20 heavy (non-hydrogen) atoms. The average Bonchev–Trinajstić information content (AvgIpc) is 2.42. The molecule has 0 spiro atoms. The van der Waals surface area contributed by atoms with Gasteiger partial charge in [0.15, 0.2) is 0 Å². The number of aromatic nitrogens is 1. The van der Waals surface area contributed by atoms with Crippen molar-refractivity contribution in [3.05, 3.63) is 55.7 Å². The molecule has 3 nitrogen and oxygen atoms in total. The Hall–Kier alpha value is -0.910. The van der Waals surface area contributed by atoms with Crippen molar-refractivity contribution >= 4 is 55.1 Å². The van der Waals surface area contributed by atoms with Crippen molar-refractivity contribution in [2.45, 2.75) is 13.3 Å². The Morgan fingerprint density at radius 1 is 1.30 bits per heavy atom. The van der Waals surface area contributed by atoms with Crippen molar-refractivity contribution in [2.75, 3.05) is 5.32 Å². The van der Waals surface area contributed by atoms with Crippen LogP contribution in [-0.2, 0) is 6.42 Å². The molecule has 0 fully saturated rings. The Bertz CT molecular complexity index is 662. The summed E-state index contributed by atoms with van der Waals surface area (Å²) < 4.78 is 1.70. The van der Waals surface area contributed by atoms with Gasteiger partial charge in [-0.2, -0.15) is 0 Å². The van der Waals surface area contributed by atoms with Gasteiger partial charge in [0.25, 0.3) is 5.91 Å². The highest BCUT2D eigenvalue weighted by atomic mass is 79.9. The van der Waals surface area contributed by atoms with Crippen molar-refractivity contribution in [1.29, 1.82) is 0 Å². The van der Waals surface area contributed by atoms with E-state index in [1.807, 2.05) is 25.1 Å². The molecule has 6 heteroatoms. The van der Waals surface area contributed by atoms with Crippen molar-refractivity contribution in [3.63, 3.8) is 0 Å². The summed E-state index contributed by atoms with van der Waals surface area (Å²) in [5, 5.41) is 3.17. The normalized spacial score (nSPS) is 10.4. The number of benzene rings is 1. The Balaban J connectivity index is 2.28. The van der Waals surface area contributed by atoms with Gasteiger partial charge < -0.3 is 5.32 Å². The highest BCUT2D eigenvalue weighted by Crippen LogP contribution is 2.26. The van der Waals surface area contributed by atoms with Crippen LogP contribution in [-0.4, -0.2) is 10.9 Å². The van der Waals surface area contributed by atoms with Crippen molar-refractivity contribution in [1.82, 2.24) is 4.98 Å². The lowest BCUT2D eigenvalue weighted by atomic mass is 10.2. The molecule has 2 aromatic rings. The van der Waals surface area contributed by atoms with Gasteiger partial charge in [0.2, 0.25) is 0 Å². The lowest BCUT2D eigenvalue weighted by Crippen LogP contribution is -2.13. The molecule has 2 rings (SSSR count). The zero-order valence-electron chi connectivity index (χ0n) is 10.6. The van der Waals surface area contributed by atoms with Crippen LogP contribution >= 0.6 is 43.5 Å². The summed E-state index contributed by atoms with van der Waals surface area (Å²) in [4.78, 5) is 16.4. The number of carbonyl (C=O) groups excluding carboxylic acids is 1. The van der Waals surface area contributed by atoms with Crippen molar-refractivity contribution in [2.24, 2.45) is 0 Å². The molecule has 1 heterocycles. The molecular weight excluding hydrogens is 407 g/mol. The third-order valence-corrected chi connectivity index (χ3v) is 4.03. The first-order valence-electron chi connectivity index (χ1n) is 5.92. The highest BCUT2D eigenvalue weighted by molar-refractivity contribution is 9.11. The fraction of sp³-hybridized carbons (Fsp3) is 0.143. The maximum absolute atomic E-state index is 12.3. The first-order chi connectivity index (χ1) is 9.49. The molecule has 0 aliphatic rings. The van der Waals surface area contributed by atoms with E-state index in [4.69, 9.17) is 11.6 Å². The van der Waals surface area contributed by atoms with E-state index in [0.29, 0.717) is 16.4 Å². The Morgan fingerprint density at radius 2 is 2.05 bits per heavy atom. The molecule has 1 aromatic heterocycles. The van der Waals surface area contributed by atoms with E-state index in [1.54, 1.807) is 12.1 Å². The van der Waals surface area contributed by atoms with Gasteiger partial charge >= 0.3 is 0 Å². The third-order valence-electron chi connectivity index (χ3n) is 2.65. The molecule has 0 aliphatic carbocycles.